The Morgan fingerprint density at radius 2 is 1.57 bits per heavy atom. The van der Waals surface area contributed by atoms with E-state index < -0.39 is 0 Å². The monoisotopic (exact) mass is 266 g/mol. The Labute approximate surface area is 94.9 Å². The maximum atomic E-state index is 3.96. The lowest BCUT2D eigenvalue weighted by Gasteiger charge is -1.99. The molecule has 0 unspecified atom stereocenters. The van der Waals surface area contributed by atoms with Gasteiger partial charge in [-0.15, -0.1) is 0 Å². The molecule has 0 atom stereocenters. The molecule has 1 aromatic carbocycles. The summed E-state index contributed by atoms with van der Waals surface area (Å²) < 4.78 is 1.09. The van der Waals surface area contributed by atoms with Gasteiger partial charge in [0.05, 0.1) is 0 Å². The van der Waals surface area contributed by atoms with Gasteiger partial charge in [-0.25, -0.2) is 9.97 Å². The quantitative estimate of drug-likeness (QED) is 0.834. The molecule has 0 amide bonds. The van der Waals surface area contributed by atoms with Crippen LogP contribution >= 0.6 is 27.7 Å². The van der Waals surface area contributed by atoms with Crippen molar-refractivity contribution in [3.8, 4) is 0 Å². The zero-order valence-electron chi connectivity index (χ0n) is 7.22. The zero-order chi connectivity index (χ0) is 9.80. The van der Waals surface area contributed by atoms with Gasteiger partial charge in [-0.3, -0.25) is 0 Å². The average molecular weight is 267 g/mol. The van der Waals surface area contributed by atoms with Crippen LogP contribution in [0.3, 0.4) is 0 Å². The van der Waals surface area contributed by atoms with Crippen molar-refractivity contribution >= 4 is 27.7 Å². The molecule has 2 rings (SSSR count). The Morgan fingerprint density at radius 3 is 2.21 bits per heavy atom. The van der Waals surface area contributed by atoms with Crippen molar-refractivity contribution in [2.45, 2.75) is 9.79 Å². The van der Waals surface area contributed by atoms with Gasteiger partial charge < -0.3 is 0 Å². The van der Waals surface area contributed by atoms with Gasteiger partial charge in [0.1, 0.15) is 6.33 Å². The topological polar surface area (TPSA) is 25.8 Å². The van der Waals surface area contributed by atoms with E-state index in [1.54, 1.807) is 24.2 Å². The van der Waals surface area contributed by atoms with Crippen LogP contribution in [-0.4, -0.2) is 9.97 Å². The third kappa shape index (κ3) is 2.56. The first-order chi connectivity index (χ1) is 6.84. The van der Waals surface area contributed by atoms with Crippen LogP contribution in [0.4, 0.5) is 0 Å². The van der Waals surface area contributed by atoms with E-state index in [2.05, 4.69) is 38.0 Å². The molecular formula is C10H7BrN2S. The smallest absolute Gasteiger partial charge is 0.115 e. The number of rotatable bonds is 2. The van der Waals surface area contributed by atoms with Gasteiger partial charge in [-0.05, 0) is 24.3 Å². The molecule has 0 saturated heterocycles. The summed E-state index contributed by atoms with van der Waals surface area (Å²) in [4.78, 5) is 10.1. The highest BCUT2D eigenvalue weighted by molar-refractivity contribution is 9.10. The predicted molar refractivity (Wildman–Crippen MR) is 60.3 cm³/mol. The van der Waals surface area contributed by atoms with E-state index in [1.165, 1.54) is 11.2 Å². The summed E-state index contributed by atoms with van der Waals surface area (Å²) in [5.41, 5.74) is 0. The number of hydrogen-bond acceptors (Lipinski definition) is 3. The molecule has 14 heavy (non-hydrogen) atoms. The van der Waals surface area contributed by atoms with Crippen LogP contribution in [-0.2, 0) is 0 Å². The van der Waals surface area contributed by atoms with E-state index >= 15 is 0 Å². The summed E-state index contributed by atoms with van der Waals surface area (Å²) in [6, 6.07) is 8.15. The molecule has 2 aromatic rings. The lowest BCUT2D eigenvalue weighted by molar-refractivity contribution is 1.10. The molecule has 0 aliphatic carbocycles. The second kappa shape index (κ2) is 4.57. The fourth-order valence-electron chi connectivity index (χ4n) is 0.977. The van der Waals surface area contributed by atoms with Crippen LogP contribution in [0.5, 0.6) is 0 Å². The third-order valence-corrected chi connectivity index (χ3v) is 3.07. The van der Waals surface area contributed by atoms with Crippen molar-refractivity contribution in [1.82, 2.24) is 9.97 Å². The number of nitrogens with zero attached hydrogens (tertiary/aromatic N) is 2. The molecule has 4 heteroatoms. The highest BCUT2D eigenvalue weighted by Gasteiger charge is 1.96. The maximum Gasteiger partial charge on any atom is 0.115 e. The first kappa shape index (κ1) is 9.68. The molecule has 0 saturated carbocycles. The Hall–Kier alpha value is -0.870. The van der Waals surface area contributed by atoms with E-state index in [1.807, 2.05) is 12.1 Å². The van der Waals surface area contributed by atoms with E-state index in [4.69, 9.17) is 0 Å². The summed E-state index contributed by atoms with van der Waals surface area (Å²) in [5.74, 6) is 0. The number of aromatic nitrogens is 2. The normalized spacial score (nSPS) is 10.1. The lowest BCUT2D eigenvalue weighted by atomic mass is 10.4. The minimum atomic E-state index is 1.05. The molecule has 2 nitrogen and oxygen atoms in total. The van der Waals surface area contributed by atoms with Crippen LogP contribution in [0, 0.1) is 0 Å². The van der Waals surface area contributed by atoms with Crippen molar-refractivity contribution in [3.63, 3.8) is 0 Å². The summed E-state index contributed by atoms with van der Waals surface area (Å²) >= 11 is 5.05. The van der Waals surface area contributed by atoms with Gasteiger partial charge in [0.2, 0.25) is 0 Å². The SMILES string of the molecule is Brc1ccc(Sc2cncnc2)cc1. The standard InChI is InChI=1S/C10H7BrN2S/c11-8-1-3-9(4-2-8)14-10-5-12-7-13-6-10/h1-7H. The number of halogens is 1. The van der Waals surface area contributed by atoms with Gasteiger partial charge in [-0.1, -0.05) is 27.7 Å². The molecule has 0 fully saturated rings. The molecule has 0 radical (unpaired) electrons. The fourth-order valence-corrected chi connectivity index (χ4v) is 2.01. The zero-order valence-corrected chi connectivity index (χ0v) is 9.62. The summed E-state index contributed by atoms with van der Waals surface area (Å²) in [6.45, 7) is 0. The number of benzene rings is 1. The van der Waals surface area contributed by atoms with Crippen LogP contribution in [0.15, 0.2) is 57.3 Å². The van der Waals surface area contributed by atoms with Gasteiger partial charge in [0.25, 0.3) is 0 Å². The third-order valence-electron chi connectivity index (χ3n) is 1.59. The van der Waals surface area contributed by atoms with Gasteiger partial charge >= 0.3 is 0 Å². The Morgan fingerprint density at radius 1 is 0.929 bits per heavy atom. The van der Waals surface area contributed by atoms with Crippen molar-refractivity contribution < 1.29 is 0 Å². The highest BCUT2D eigenvalue weighted by atomic mass is 79.9. The van der Waals surface area contributed by atoms with E-state index in [0.717, 1.165) is 9.37 Å². The second-order valence-corrected chi connectivity index (χ2v) is 4.69. The fraction of sp³-hybridized carbons (Fsp3) is 0. The first-order valence-electron chi connectivity index (χ1n) is 4.03. The number of hydrogen-bond donors (Lipinski definition) is 0. The van der Waals surface area contributed by atoms with Crippen molar-refractivity contribution in [2.75, 3.05) is 0 Å². The lowest BCUT2D eigenvalue weighted by Crippen LogP contribution is -1.78. The molecule has 0 aliphatic rings. The molecular weight excluding hydrogens is 260 g/mol. The summed E-state index contributed by atoms with van der Waals surface area (Å²) in [5, 5.41) is 0. The molecule has 0 bridgehead atoms. The van der Waals surface area contributed by atoms with Crippen LogP contribution in [0.1, 0.15) is 0 Å². The average Bonchev–Trinajstić information content (AvgIpc) is 2.23. The van der Waals surface area contributed by atoms with Crippen LogP contribution in [0.25, 0.3) is 0 Å². The van der Waals surface area contributed by atoms with Gasteiger partial charge in [0, 0.05) is 26.7 Å². The molecule has 1 aromatic heterocycles. The summed E-state index contributed by atoms with van der Waals surface area (Å²) in [6.07, 6.45) is 5.14. The second-order valence-electron chi connectivity index (χ2n) is 2.63. The molecule has 1 heterocycles. The molecule has 0 aliphatic heterocycles. The molecule has 0 spiro atoms. The van der Waals surface area contributed by atoms with Crippen molar-refractivity contribution in [1.29, 1.82) is 0 Å². The summed E-state index contributed by atoms with van der Waals surface area (Å²) in [7, 11) is 0. The van der Waals surface area contributed by atoms with Crippen LogP contribution in [0.2, 0.25) is 0 Å². The first-order valence-corrected chi connectivity index (χ1v) is 5.64. The Kier molecular flexibility index (Phi) is 3.16. The maximum absolute atomic E-state index is 3.96. The largest absolute Gasteiger partial charge is 0.244 e. The Bertz CT molecular complexity index is 402. The van der Waals surface area contributed by atoms with Gasteiger partial charge in [-0.2, -0.15) is 0 Å². The van der Waals surface area contributed by atoms with Crippen molar-refractivity contribution in [3.05, 3.63) is 47.5 Å². The van der Waals surface area contributed by atoms with Crippen molar-refractivity contribution in [2.24, 2.45) is 0 Å². The molecule has 70 valence electrons. The highest BCUT2D eigenvalue weighted by Crippen LogP contribution is 2.27. The van der Waals surface area contributed by atoms with E-state index in [-0.39, 0.29) is 0 Å². The predicted octanol–water partition coefficient (Wildman–Crippen LogP) is 3.39. The van der Waals surface area contributed by atoms with Gasteiger partial charge in [0.15, 0.2) is 0 Å². The Balaban J connectivity index is 2.16. The van der Waals surface area contributed by atoms with E-state index in [0.29, 0.717) is 0 Å². The molecule has 0 N–H and O–H groups in total. The minimum Gasteiger partial charge on any atom is -0.244 e. The van der Waals surface area contributed by atoms with Crippen LogP contribution < -0.4 is 0 Å². The minimum absolute atomic E-state index is 1.05. The van der Waals surface area contributed by atoms with E-state index in [9.17, 15) is 0 Å².